The summed E-state index contributed by atoms with van der Waals surface area (Å²) in [7, 11) is 0. The maximum absolute atomic E-state index is 13.2. The van der Waals surface area contributed by atoms with Crippen molar-refractivity contribution in [1.29, 1.82) is 0 Å². The van der Waals surface area contributed by atoms with Gasteiger partial charge >= 0.3 is 5.97 Å². The highest BCUT2D eigenvalue weighted by molar-refractivity contribution is 5.95. The number of carboxylic acid groups (broad SMARTS) is 1. The van der Waals surface area contributed by atoms with E-state index in [0.29, 0.717) is 25.8 Å². The van der Waals surface area contributed by atoms with Crippen LogP contribution < -0.4 is 32.9 Å². The molecule has 5 amide bonds. The highest BCUT2D eigenvalue weighted by atomic mass is 16.5. The lowest BCUT2D eigenvalue weighted by molar-refractivity contribution is -0.139. The number of rotatable bonds is 19. The van der Waals surface area contributed by atoms with Gasteiger partial charge in [0.25, 0.3) is 0 Å². The maximum Gasteiger partial charge on any atom is 0.303 e. The smallest absolute Gasteiger partial charge is 0.303 e. The molecule has 0 rings (SSSR count). The first-order valence-electron chi connectivity index (χ1n) is 12.8. The lowest BCUT2D eigenvalue weighted by Crippen LogP contribution is -2.58. The molecule has 38 heavy (non-hydrogen) atoms. The fourth-order valence-electron chi connectivity index (χ4n) is 3.78. The summed E-state index contributed by atoms with van der Waals surface area (Å²) in [5.41, 5.74) is 12.3. The van der Waals surface area contributed by atoms with Gasteiger partial charge in [-0.25, -0.2) is 5.48 Å². The SMILES string of the molecule is CC(C)C[C@H](CC(=O)NO)C(=O)N[C@H](C(=O)N[C@@H](CCC(=O)O)C(=O)N[C@@H](CCCCN)C(N)=O)C(C)C. The number of carbonyl (C=O) groups excluding carboxylic acids is 5. The third kappa shape index (κ3) is 13.9. The Morgan fingerprint density at radius 3 is 1.89 bits per heavy atom. The number of carboxylic acids is 1. The summed E-state index contributed by atoms with van der Waals surface area (Å²) in [6.45, 7) is 7.42. The standard InChI is InChI=1S/C24H44N6O8/c1-13(2)11-15(12-18(31)30-38)22(35)29-20(14(3)4)24(37)28-17(8-9-19(32)33)23(36)27-16(21(26)34)7-5-6-10-25/h13-17,20,38H,5-12,25H2,1-4H3,(H2,26,34)(H,27,36)(H,28,37)(H,29,35)(H,30,31)(H,32,33)/t15-,16+,17+,20+/m1/s1. The summed E-state index contributed by atoms with van der Waals surface area (Å²) in [6.07, 6.45) is 0.644. The van der Waals surface area contributed by atoms with Crippen LogP contribution in [0.4, 0.5) is 0 Å². The van der Waals surface area contributed by atoms with Gasteiger partial charge < -0.3 is 32.5 Å². The van der Waals surface area contributed by atoms with Crippen molar-refractivity contribution < 1.29 is 39.1 Å². The van der Waals surface area contributed by atoms with E-state index in [2.05, 4.69) is 16.0 Å². The Morgan fingerprint density at radius 2 is 1.42 bits per heavy atom. The molecule has 0 aromatic heterocycles. The zero-order valence-corrected chi connectivity index (χ0v) is 22.6. The van der Waals surface area contributed by atoms with Gasteiger partial charge in [-0.3, -0.25) is 34.0 Å². The normalized spacial score (nSPS) is 14.2. The molecule has 14 heteroatoms. The number of hydrogen-bond acceptors (Lipinski definition) is 8. The number of aliphatic carboxylic acids is 1. The van der Waals surface area contributed by atoms with E-state index in [4.69, 9.17) is 21.8 Å². The summed E-state index contributed by atoms with van der Waals surface area (Å²) in [5.74, 6) is -6.08. The molecule has 0 spiro atoms. The molecule has 0 heterocycles. The number of primary amides is 1. The lowest BCUT2D eigenvalue weighted by atomic mass is 9.92. The second-order valence-corrected chi connectivity index (χ2v) is 10.0. The Labute approximate surface area is 223 Å². The van der Waals surface area contributed by atoms with Crippen molar-refractivity contribution in [2.45, 2.75) is 90.8 Å². The molecule has 218 valence electrons. The average molecular weight is 545 g/mol. The quantitative estimate of drug-likeness (QED) is 0.0571. The number of hydrogen-bond donors (Lipinski definition) is 8. The molecule has 0 aromatic rings. The Bertz CT molecular complexity index is 820. The maximum atomic E-state index is 13.2. The highest BCUT2D eigenvalue weighted by Crippen LogP contribution is 2.17. The van der Waals surface area contributed by atoms with Gasteiger partial charge in [0.2, 0.25) is 29.5 Å². The van der Waals surface area contributed by atoms with E-state index < -0.39 is 71.9 Å². The van der Waals surface area contributed by atoms with E-state index in [-0.39, 0.29) is 25.2 Å². The van der Waals surface area contributed by atoms with Crippen LogP contribution in [0.25, 0.3) is 0 Å². The van der Waals surface area contributed by atoms with Crippen molar-refractivity contribution in [2.75, 3.05) is 6.54 Å². The molecule has 0 unspecified atom stereocenters. The van der Waals surface area contributed by atoms with Gasteiger partial charge in [0, 0.05) is 18.8 Å². The topological polar surface area (TPSA) is 243 Å². The third-order valence-electron chi connectivity index (χ3n) is 5.82. The number of hydroxylamine groups is 1. The van der Waals surface area contributed by atoms with Crippen molar-refractivity contribution in [2.24, 2.45) is 29.2 Å². The Morgan fingerprint density at radius 1 is 0.816 bits per heavy atom. The fraction of sp³-hybridized carbons (Fsp3) is 0.750. The Hall–Kier alpha value is -3.26. The number of amides is 5. The zero-order valence-electron chi connectivity index (χ0n) is 22.6. The lowest BCUT2D eigenvalue weighted by Gasteiger charge is -2.28. The van der Waals surface area contributed by atoms with Gasteiger partial charge in [-0.05, 0) is 50.5 Å². The largest absolute Gasteiger partial charge is 0.481 e. The van der Waals surface area contributed by atoms with Gasteiger partial charge in [0.05, 0.1) is 0 Å². The van der Waals surface area contributed by atoms with Crippen LogP contribution in [0.5, 0.6) is 0 Å². The van der Waals surface area contributed by atoms with Crippen molar-refractivity contribution >= 4 is 35.5 Å². The van der Waals surface area contributed by atoms with Gasteiger partial charge in [-0.2, -0.15) is 0 Å². The van der Waals surface area contributed by atoms with Crippen molar-refractivity contribution in [3.8, 4) is 0 Å². The minimum atomic E-state index is -1.32. The molecule has 0 radical (unpaired) electrons. The molecule has 4 atom stereocenters. The Balaban J connectivity index is 5.68. The highest BCUT2D eigenvalue weighted by Gasteiger charge is 2.33. The van der Waals surface area contributed by atoms with Gasteiger partial charge in [0.15, 0.2) is 0 Å². The predicted octanol–water partition coefficient (Wildman–Crippen LogP) is -0.866. The van der Waals surface area contributed by atoms with Gasteiger partial charge in [-0.1, -0.05) is 27.7 Å². The van der Waals surface area contributed by atoms with Crippen LogP contribution in [0.1, 0.15) is 72.6 Å². The Kier molecular flexibility index (Phi) is 16.5. The van der Waals surface area contributed by atoms with Crippen LogP contribution in [0.15, 0.2) is 0 Å². The second kappa shape index (κ2) is 18.1. The van der Waals surface area contributed by atoms with Crippen LogP contribution >= 0.6 is 0 Å². The van der Waals surface area contributed by atoms with Crippen LogP contribution in [-0.2, 0) is 28.8 Å². The number of unbranched alkanes of at least 4 members (excludes halogenated alkanes) is 1. The molecular formula is C24H44N6O8. The van der Waals surface area contributed by atoms with Crippen molar-refractivity contribution in [3.63, 3.8) is 0 Å². The molecule has 0 saturated heterocycles. The van der Waals surface area contributed by atoms with Crippen molar-refractivity contribution in [3.05, 3.63) is 0 Å². The molecule has 0 saturated carbocycles. The molecule has 10 N–H and O–H groups in total. The molecule has 0 bridgehead atoms. The van der Waals surface area contributed by atoms with E-state index in [0.717, 1.165) is 0 Å². The third-order valence-corrected chi connectivity index (χ3v) is 5.82. The predicted molar refractivity (Wildman–Crippen MR) is 137 cm³/mol. The first-order chi connectivity index (χ1) is 17.7. The average Bonchev–Trinajstić information content (AvgIpc) is 2.82. The number of nitrogens with two attached hydrogens (primary N) is 2. The molecule has 0 aliphatic rings. The van der Waals surface area contributed by atoms with Gasteiger partial charge in [-0.15, -0.1) is 0 Å². The molecule has 0 aliphatic heterocycles. The summed E-state index contributed by atoms with van der Waals surface area (Å²) in [4.78, 5) is 73.7. The molecule has 0 aromatic carbocycles. The van der Waals surface area contributed by atoms with Crippen LogP contribution in [-0.4, -0.2) is 70.5 Å². The summed E-state index contributed by atoms with van der Waals surface area (Å²) < 4.78 is 0. The molecular weight excluding hydrogens is 500 g/mol. The summed E-state index contributed by atoms with van der Waals surface area (Å²) in [6, 6.07) is -3.47. The van der Waals surface area contributed by atoms with E-state index in [9.17, 15) is 28.8 Å². The van der Waals surface area contributed by atoms with Gasteiger partial charge in [0.1, 0.15) is 18.1 Å². The minimum absolute atomic E-state index is 0.0377. The number of nitrogens with one attached hydrogen (secondary N) is 4. The van der Waals surface area contributed by atoms with Crippen LogP contribution in [0.3, 0.4) is 0 Å². The van der Waals surface area contributed by atoms with Crippen LogP contribution in [0.2, 0.25) is 0 Å². The fourth-order valence-corrected chi connectivity index (χ4v) is 3.78. The van der Waals surface area contributed by atoms with E-state index in [1.807, 2.05) is 13.8 Å². The van der Waals surface area contributed by atoms with E-state index >= 15 is 0 Å². The first kappa shape index (κ1) is 34.7. The monoisotopic (exact) mass is 544 g/mol. The van der Waals surface area contributed by atoms with E-state index in [1.54, 1.807) is 13.8 Å². The van der Waals surface area contributed by atoms with E-state index in [1.165, 1.54) is 5.48 Å². The first-order valence-corrected chi connectivity index (χ1v) is 12.8. The molecule has 14 nitrogen and oxygen atoms in total. The zero-order chi connectivity index (χ0) is 29.4. The summed E-state index contributed by atoms with van der Waals surface area (Å²) >= 11 is 0. The van der Waals surface area contributed by atoms with Crippen LogP contribution in [0, 0.1) is 17.8 Å². The molecule has 0 aliphatic carbocycles. The van der Waals surface area contributed by atoms with Crippen molar-refractivity contribution in [1.82, 2.24) is 21.4 Å². The summed E-state index contributed by atoms with van der Waals surface area (Å²) in [5, 5.41) is 25.5. The number of carbonyl (C=O) groups is 6. The molecule has 0 fully saturated rings. The minimum Gasteiger partial charge on any atom is -0.481 e. The second-order valence-electron chi connectivity index (χ2n) is 10.0.